The molecule has 4 heteroatoms. The molecule has 3 nitrogen and oxygen atoms in total. The zero-order chi connectivity index (χ0) is 10.0. The summed E-state index contributed by atoms with van der Waals surface area (Å²) in [6, 6.07) is 2.39. The summed E-state index contributed by atoms with van der Waals surface area (Å²) in [4.78, 5) is 4.39. The Balaban J connectivity index is 2.13. The molecule has 74 valence electrons. The van der Waals surface area contributed by atoms with E-state index in [1.165, 1.54) is 0 Å². The first-order valence-corrected chi connectivity index (χ1v) is 5.69. The third kappa shape index (κ3) is 1.79. The highest BCUT2D eigenvalue weighted by molar-refractivity contribution is 7.09. The van der Waals surface area contributed by atoms with Gasteiger partial charge in [-0.3, -0.25) is 5.32 Å². The number of nitrogens with one attached hydrogen (secondary N) is 1. The number of nitrogens with zero attached hydrogens (tertiary/aromatic N) is 2. The lowest BCUT2D eigenvalue weighted by Gasteiger charge is -2.18. The maximum Gasteiger partial charge on any atom is 0.113 e. The maximum atomic E-state index is 9.15. The van der Waals surface area contributed by atoms with Crippen LogP contribution in [0.3, 0.4) is 0 Å². The van der Waals surface area contributed by atoms with Gasteiger partial charge in [-0.15, -0.1) is 11.3 Å². The molecule has 14 heavy (non-hydrogen) atoms. The highest BCUT2D eigenvalue weighted by Gasteiger charge is 2.34. The highest BCUT2D eigenvalue weighted by atomic mass is 32.1. The van der Waals surface area contributed by atoms with Crippen molar-refractivity contribution < 1.29 is 0 Å². The third-order valence-electron chi connectivity index (χ3n) is 2.58. The fourth-order valence-electron chi connectivity index (χ4n) is 1.83. The van der Waals surface area contributed by atoms with Crippen molar-refractivity contribution in [2.45, 2.75) is 31.7 Å². The number of rotatable bonds is 2. The summed E-state index contributed by atoms with van der Waals surface area (Å²) < 4.78 is 0. The largest absolute Gasteiger partial charge is 0.299 e. The molecule has 2 heterocycles. The molecule has 1 aliphatic rings. The van der Waals surface area contributed by atoms with Crippen molar-refractivity contribution in [1.82, 2.24) is 10.3 Å². The van der Waals surface area contributed by atoms with Crippen LogP contribution < -0.4 is 5.32 Å². The van der Waals surface area contributed by atoms with E-state index in [1.807, 2.05) is 12.3 Å². The first kappa shape index (κ1) is 9.63. The van der Waals surface area contributed by atoms with Crippen LogP contribution in [0.25, 0.3) is 0 Å². The summed E-state index contributed by atoms with van der Waals surface area (Å²) in [6.07, 6.45) is 2.79. The van der Waals surface area contributed by atoms with E-state index in [1.54, 1.807) is 11.3 Å². The minimum absolute atomic E-state index is 0.343. The predicted molar refractivity (Wildman–Crippen MR) is 56.1 cm³/mol. The van der Waals surface area contributed by atoms with Gasteiger partial charge in [0, 0.05) is 17.5 Å². The molecule has 0 amide bonds. The molecule has 1 fully saturated rings. The van der Waals surface area contributed by atoms with Crippen molar-refractivity contribution in [3.8, 4) is 6.07 Å². The molecular formula is C10H13N3S. The quantitative estimate of drug-likeness (QED) is 0.802. The van der Waals surface area contributed by atoms with Crippen LogP contribution >= 0.6 is 11.3 Å². The molecule has 0 aromatic carbocycles. The molecule has 1 saturated heterocycles. The molecule has 0 spiro atoms. The first-order chi connectivity index (χ1) is 6.74. The van der Waals surface area contributed by atoms with Crippen LogP contribution in [-0.2, 0) is 6.42 Å². The van der Waals surface area contributed by atoms with Crippen LogP contribution in [0.2, 0.25) is 0 Å². The summed E-state index contributed by atoms with van der Waals surface area (Å²) in [5.74, 6) is 0. The van der Waals surface area contributed by atoms with Crippen LogP contribution in [0.15, 0.2) is 5.38 Å². The lowest BCUT2D eigenvalue weighted by atomic mass is 9.96. The fraction of sp³-hybridized carbons (Fsp3) is 0.600. The lowest BCUT2D eigenvalue weighted by Crippen LogP contribution is -2.40. The van der Waals surface area contributed by atoms with Crippen molar-refractivity contribution in [2.75, 3.05) is 6.54 Å². The molecule has 1 N–H and O–H groups in total. The second-order valence-electron chi connectivity index (χ2n) is 3.78. The minimum atomic E-state index is -0.343. The normalized spacial score (nSPS) is 26.3. The molecule has 1 aliphatic heterocycles. The van der Waals surface area contributed by atoms with E-state index < -0.39 is 0 Å². The molecule has 0 radical (unpaired) electrons. The van der Waals surface area contributed by atoms with Crippen molar-refractivity contribution in [1.29, 1.82) is 5.26 Å². The molecule has 0 bridgehead atoms. The molecule has 0 saturated carbocycles. The van der Waals surface area contributed by atoms with E-state index in [9.17, 15) is 0 Å². The average molecular weight is 207 g/mol. The summed E-state index contributed by atoms with van der Waals surface area (Å²) in [7, 11) is 0. The number of aromatic nitrogens is 1. The zero-order valence-corrected chi connectivity index (χ0v) is 9.02. The van der Waals surface area contributed by atoms with E-state index >= 15 is 0 Å². The van der Waals surface area contributed by atoms with E-state index in [2.05, 4.69) is 16.4 Å². The summed E-state index contributed by atoms with van der Waals surface area (Å²) in [6.45, 7) is 2.94. The second kappa shape index (κ2) is 3.68. The number of hydrogen-bond acceptors (Lipinski definition) is 4. The van der Waals surface area contributed by atoms with Gasteiger partial charge in [-0.25, -0.2) is 4.98 Å². The van der Waals surface area contributed by atoms with Crippen LogP contribution in [0.5, 0.6) is 0 Å². The van der Waals surface area contributed by atoms with Gasteiger partial charge in [-0.05, 0) is 26.3 Å². The Kier molecular flexibility index (Phi) is 2.53. The summed E-state index contributed by atoms with van der Waals surface area (Å²) in [5.41, 5.74) is 0.709. The SMILES string of the molecule is Cc1csc(CC2(C#N)CCCN2)n1. The predicted octanol–water partition coefficient (Wildman–Crippen LogP) is 1.64. The summed E-state index contributed by atoms with van der Waals surface area (Å²) >= 11 is 1.65. The monoisotopic (exact) mass is 207 g/mol. The van der Waals surface area contributed by atoms with Gasteiger partial charge in [0.1, 0.15) is 5.54 Å². The van der Waals surface area contributed by atoms with Gasteiger partial charge >= 0.3 is 0 Å². The van der Waals surface area contributed by atoms with Crippen LogP contribution in [-0.4, -0.2) is 17.1 Å². The van der Waals surface area contributed by atoms with Crippen LogP contribution in [0.4, 0.5) is 0 Å². The topological polar surface area (TPSA) is 48.7 Å². The minimum Gasteiger partial charge on any atom is -0.299 e. The third-order valence-corrected chi connectivity index (χ3v) is 3.54. The Labute approximate surface area is 87.8 Å². The highest BCUT2D eigenvalue weighted by Crippen LogP contribution is 2.24. The molecular weight excluding hydrogens is 194 g/mol. The van der Waals surface area contributed by atoms with E-state index in [-0.39, 0.29) is 5.54 Å². The average Bonchev–Trinajstić information content (AvgIpc) is 2.77. The second-order valence-corrected chi connectivity index (χ2v) is 4.73. The van der Waals surface area contributed by atoms with Crippen molar-refractivity contribution >= 4 is 11.3 Å². The fourth-order valence-corrected chi connectivity index (χ4v) is 2.72. The Hall–Kier alpha value is -0.920. The maximum absolute atomic E-state index is 9.15. The number of thiazole rings is 1. The molecule has 1 unspecified atom stereocenters. The smallest absolute Gasteiger partial charge is 0.113 e. The van der Waals surface area contributed by atoms with Gasteiger partial charge in [0.25, 0.3) is 0 Å². The van der Waals surface area contributed by atoms with Gasteiger partial charge in [0.05, 0.1) is 11.1 Å². The van der Waals surface area contributed by atoms with Crippen LogP contribution in [0.1, 0.15) is 23.5 Å². The van der Waals surface area contributed by atoms with Gasteiger partial charge in [0.2, 0.25) is 0 Å². The lowest BCUT2D eigenvalue weighted by molar-refractivity contribution is 0.479. The Bertz CT molecular complexity index is 358. The molecule has 1 atom stereocenters. The number of hydrogen-bond donors (Lipinski definition) is 1. The van der Waals surface area contributed by atoms with Crippen molar-refractivity contribution in [3.63, 3.8) is 0 Å². The Morgan fingerprint density at radius 2 is 2.64 bits per heavy atom. The molecule has 0 aliphatic carbocycles. The first-order valence-electron chi connectivity index (χ1n) is 4.81. The molecule has 1 aromatic rings. The van der Waals surface area contributed by atoms with E-state index in [0.717, 1.165) is 36.5 Å². The van der Waals surface area contributed by atoms with Crippen LogP contribution in [0, 0.1) is 18.3 Å². The van der Waals surface area contributed by atoms with Crippen molar-refractivity contribution in [2.24, 2.45) is 0 Å². The standard InChI is InChI=1S/C10H13N3S/c1-8-6-14-9(13-8)5-10(7-11)3-2-4-12-10/h6,12H,2-5H2,1H3. The molecule has 1 aromatic heterocycles. The van der Waals surface area contributed by atoms with Crippen molar-refractivity contribution in [3.05, 3.63) is 16.1 Å². The number of nitriles is 1. The Morgan fingerprint density at radius 1 is 1.79 bits per heavy atom. The van der Waals surface area contributed by atoms with Gasteiger partial charge in [-0.1, -0.05) is 0 Å². The zero-order valence-electron chi connectivity index (χ0n) is 8.21. The van der Waals surface area contributed by atoms with E-state index in [4.69, 9.17) is 5.26 Å². The van der Waals surface area contributed by atoms with Gasteiger partial charge in [0.15, 0.2) is 0 Å². The molecule has 2 rings (SSSR count). The van der Waals surface area contributed by atoms with E-state index in [0.29, 0.717) is 0 Å². The summed E-state index contributed by atoms with van der Waals surface area (Å²) in [5, 5.41) is 15.5. The van der Waals surface area contributed by atoms with Gasteiger partial charge in [-0.2, -0.15) is 5.26 Å². The van der Waals surface area contributed by atoms with Gasteiger partial charge < -0.3 is 0 Å². The number of aryl methyl sites for hydroxylation is 1. The Morgan fingerprint density at radius 3 is 3.14 bits per heavy atom.